The molecular formula is C21H27ClN2O5S. The van der Waals surface area contributed by atoms with Gasteiger partial charge in [-0.05, 0) is 57.1 Å². The SMILES string of the molecule is CCOC(=O)c1c(NC(=O)COc2ccc(OCC)cc2)sc2c1CCN(C)C2.Cl. The number of likely N-dealkylation sites (N-methyl/N-ethyl adjacent to an activating group) is 1. The first-order valence-electron chi connectivity index (χ1n) is 9.67. The second kappa shape index (κ2) is 11.2. The Labute approximate surface area is 186 Å². The first kappa shape index (κ1) is 24.0. The lowest BCUT2D eigenvalue weighted by molar-refractivity contribution is -0.118. The molecule has 0 spiro atoms. The van der Waals surface area contributed by atoms with Gasteiger partial charge in [0.05, 0.1) is 18.8 Å². The van der Waals surface area contributed by atoms with Crippen molar-refractivity contribution in [3.05, 3.63) is 40.3 Å². The van der Waals surface area contributed by atoms with Gasteiger partial charge in [-0.2, -0.15) is 0 Å². The van der Waals surface area contributed by atoms with Gasteiger partial charge in [-0.15, -0.1) is 23.7 Å². The van der Waals surface area contributed by atoms with Gasteiger partial charge >= 0.3 is 5.97 Å². The van der Waals surface area contributed by atoms with Gasteiger partial charge in [0.1, 0.15) is 16.5 Å². The normalized spacial score (nSPS) is 13.0. The average molecular weight is 455 g/mol. The third-order valence-electron chi connectivity index (χ3n) is 4.48. The zero-order valence-electron chi connectivity index (χ0n) is 17.4. The number of carbonyl (C=O) groups is 2. The average Bonchev–Trinajstić information content (AvgIpc) is 3.04. The van der Waals surface area contributed by atoms with Crippen molar-refractivity contribution in [3.8, 4) is 11.5 Å². The van der Waals surface area contributed by atoms with Crippen LogP contribution in [0.2, 0.25) is 0 Å². The van der Waals surface area contributed by atoms with E-state index in [4.69, 9.17) is 14.2 Å². The molecule has 0 unspecified atom stereocenters. The minimum Gasteiger partial charge on any atom is -0.494 e. The molecule has 1 aromatic heterocycles. The van der Waals surface area contributed by atoms with Crippen molar-refractivity contribution in [1.82, 2.24) is 4.90 Å². The van der Waals surface area contributed by atoms with Crippen LogP contribution in [0, 0.1) is 0 Å². The van der Waals surface area contributed by atoms with Crippen LogP contribution in [-0.2, 0) is 22.5 Å². The lowest BCUT2D eigenvalue weighted by Crippen LogP contribution is -2.26. The molecular weight excluding hydrogens is 428 g/mol. The number of hydrogen-bond donors (Lipinski definition) is 1. The quantitative estimate of drug-likeness (QED) is 0.612. The van der Waals surface area contributed by atoms with Gasteiger partial charge in [0.25, 0.3) is 5.91 Å². The van der Waals surface area contributed by atoms with Crippen molar-refractivity contribution in [1.29, 1.82) is 0 Å². The number of fused-ring (bicyclic) bond motifs is 1. The van der Waals surface area contributed by atoms with Gasteiger partial charge < -0.3 is 24.4 Å². The van der Waals surface area contributed by atoms with Crippen molar-refractivity contribution in [2.24, 2.45) is 0 Å². The van der Waals surface area contributed by atoms with Crippen LogP contribution >= 0.6 is 23.7 Å². The molecule has 1 aromatic carbocycles. The molecule has 7 nitrogen and oxygen atoms in total. The first-order chi connectivity index (χ1) is 14.0. The molecule has 164 valence electrons. The van der Waals surface area contributed by atoms with E-state index in [9.17, 15) is 9.59 Å². The van der Waals surface area contributed by atoms with Crippen molar-refractivity contribution in [3.63, 3.8) is 0 Å². The number of benzene rings is 1. The number of ether oxygens (including phenoxy) is 3. The van der Waals surface area contributed by atoms with Crippen molar-refractivity contribution in [2.75, 3.05) is 38.7 Å². The van der Waals surface area contributed by atoms with E-state index in [0.717, 1.165) is 35.7 Å². The molecule has 0 radical (unpaired) electrons. The van der Waals surface area contributed by atoms with Crippen LogP contribution in [-0.4, -0.2) is 50.2 Å². The molecule has 0 saturated carbocycles. The van der Waals surface area contributed by atoms with Crippen molar-refractivity contribution >= 4 is 40.6 Å². The molecule has 2 heterocycles. The van der Waals surface area contributed by atoms with Crippen LogP contribution in [0.5, 0.6) is 11.5 Å². The van der Waals surface area contributed by atoms with Gasteiger partial charge in [0, 0.05) is 18.0 Å². The summed E-state index contributed by atoms with van der Waals surface area (Å²) in [7, 11) is 2.04. The van der Waals surface area contributed by atoms with Crippen molar-refractivity contribution < 1.29 is 23.8 Å². The molecule has 1 aliphatic heterocycles. The van der Waals surface area contributed by atoms with E-state index in [2.05, 4.69) is 10.2 Å². The van der Waals surface area contributed by atoms with Crippen molar-refractivity contribution in [2.45, 2.75) is 26.8 Å². The summed E-state index contributed by atoms with van der Waals surface area (Å²) in [5, 5.41) is 3.37. The van der Waals surface area contributed by atoms with E-state index in [1.54, 1.807) is 31.2 Å². The van der Waals surface area contributed by atoms with Gasteiger partial charge in [0.2, 0.25) is 0 Å². The molecule has 30 heavy (non-hydrogen) atoms. The maximum atomic E-state index is 12.5. The maximum absolute atomic E-state index is 12.5. The van der Waals surface area contributed by atoms with E-state index >= 15 is 0 Å². The largest absolute Gasteiger partial charge is 0.494 e. The van der Waals surface area contributed by atoms with Gasteiger partial charge in [-0.25, -0.2) is 4.79 Å². The maximum Gasteiger partial charge on any atom is 0.341 e. The lowest BCUT2D eigenvalue weighted by Gasteiger charge is -2.22. The van der Waals surface area contributed by atoms with Crippen LogP contribution in [0.25, 0.3) is 0 Å². The fourth-order valence-corrected chi connectivity index (χ4v) is 4.48. The zero-order chi connectivity index (χ0) is 20.8. The Kier molecular flexibility index (Phi) is 8.95. The van der Waals surface area contributed by atoms with Crippen LogP contribution in [0.3, 0.4) is 0 Å². The third-order valence-corrected chi connectivity index (χ3v) is 5.62. The molecule has 9 heteroatoms. The summed E-state index contributed by atoms with van der Waals surface area (Å²) in [6.45, 7) is 6.03. The van der Waals surface area contributed by atoms with Crippen LogP contribution in [0.1, 0.15) is 34.6 Å². The third kappa shape index (κ3) is 5.87. The number of amides is 1. The fourth-order valence-electron chi connectivity index (χ4n) is 3.15. The number of esters is 1. The molecule has 0 aliphatic carbocycles. The topological polar surface area (TPSA) is 77.1 Å². The zero-order valence-corrected chi connectivity index (χ0v) is 19.0. The van der Waals surface area contributed by atoms with E-state index in [1.807, 2.05) is 14.0 Å². The standard InChI is InChI=1S/C21H26N2O5S.ClH/c1-4-26-14-6-8-15(9-7-14)28-13-18(24)22-20-19(21(25)27-5-2)16-10-11-23(3)12-17(16)29-20;/h6-9H,4-5,10-13H2,1-3H3,(H,22,24);1H. The van der Waals surface area contributed by atoms with Gasteiger partial charge in [-0.3, -0.25) is 4.79 Å². The molecule has 0 bridgehead atoms. The highest BCUT2D eigenvalue weighted by atomic mass is 35.5. The number of halogens is 1. The molecule has 1 aliphatic rings. The fraction of sp³-hybridized carbons (Fsp3) is 0.429. The highest BCUT2D eigenvalue weighted by molar-refractivity contribution is 7.17. The summed E-state index contributed by atoms with van der Waals surface area (Å²) < 4.78 is 16.2. The number of nitrogens with zero attached hydrogens (tertiary/aromatic N) is 1. The Morgan fingerprint density at radius 1 is 1.10 bits per heavy atom. The summed E-state index contributed by atoms with van der Waals surface area (Å²) in [5.74, 6) is 0.604. The highest BCUT2D eigenvalue weighted by Crippen LogP contribution is 2.37. The number of anilines is 1. The van der Waals surface area contributed by atoms with E-state index < -0.39 is 5.97 Å². The Balaban J connectivity index is 0.00000320. The Bertz CT molecular complexity index is 869. The van der Waals surface area contributed by atoms with E-state index in [0.29, 0.717) is 22.9 Å². The van der Waals surface area contributed by atoms with Crippen LogP contribution in [0.4, 0.5) is 5.00 Å². The predicted octanol–water partition coefficient (Wildman–Crippen LogP) is 3.75. The summed E-state index contributed by atoms with van der Waals surface area (Å²) in [4.78, 5) is 28.2. The number of nitrogens with one attached hydrogen (secondary N) is 1. The summed E-state index contributed by atoms with van der Waals surface area (Å²) >= 11 is 1.43. The smallest absolute Gasteiger partial charge is 0.341 e. The minimum atomic E-state index is -0.391. The molecule has 2 aromatic rings. The number of carbonyl (C=O) groups excluding carboxylic acids is 2. The molecule has 0 fully saturated rings. The summed E-state index contributed by atoms with van der Waals surface area (Å²) in [6, 6.07) is 7.09. The van der Waals surface area contributed by atoms with E-state index in [1.165, 1.54) is 11.3 Å². The summed E-state index contributed by atoms with van der Waals surface area (Å²) in [5.41, 5.74) is 1.46. The van der Waals surface area contributed by atoms with Crippen LogP contribution in [0.15, 0.2) is 24.3 Å². The predicted molar refractivity (Wildman–Crippen MR) is 119 cm³/mol. The molecule has 1 amide bonds. The molecule has 0 atom stereocenters. The molecule has 3 rings (SSSR count). The summed E-state index contributed by atoms with van der Waals surface area (Å²) in [6.07, 6.45) is 0.759. The molecule has 1 N–H and O–H groups in total. The Morgan fingerprint density at radius 3 is 2.40 bits per heavy atom. The van der Waals surface area contributed by atoms with Gasteiger partial charge in [0.15, 0.2) is 6.61 Å². The number of rotatable bonds is 8. The first-order valence-corrected chi connectivity index (χ1v) is 10.5. The van der Waals surface area contributed by atoms with Crippen LogP contribution < -0.4 is 14.8 Å². The van der Waals surface area contributed by atoms with Gasteiger partial charge in [-0.1, -0.05) is 0 Å². The van der Waals surface area contributed by atoms with E-state index in [-0.39, 0.29) is 31.5 Å². The Morgan fingerprint density at radius 2 is 1.77 bits per heavy atom. The minimum absolute atomic E-state index is 0. The second-order valence-electron chi connectivity index (χ2n) is 6.66. The Hall–Kier alpha value is -2.29. The second-order valence-corrected chi connectivity index (χ2v) is 7.76. The number of hydrogen-bond acceptors (Lipinski definition) is 7. The lowest BCUT2D eigenvalue weighted by atomic mass is 10.0. The molecule has 0 saturated heterocycles. The highest BCUT2D eigenvalue weighted by Gasteiger charge is 2.28. The monoisotopic (exact) mass is 454 g/mol. The number of thiophene rings is 1.